The summed E-state index contributed by atoms with van der Waals surface area (Å²) in [5.74, 6) is -0.376. The molecule has 0 N–H and O–H groups in total. The van der Waals surface area contributed by atoms with Crippen LogP contribution in [0.5, 0.6) is 0 Å². The van der Waals surface area contributed by atoms with E-state index in [-0.39, 0.29) is 28.8 Å². The molecule has 2 saturated heterocycles. The Balaban J connectivity index is 1.26. The number of carbonyl (C=O) groups excluding carboxylic acids is 2. The molecule has 1 saturated carbocycles. The van der Waals surface area contributed by atoms with Crippen LogP contribution in [0.3, 0.4) is 0 Å². The lowest BCUT2D eigenvalue weighted by Crippen LogP contribution is -2.55. The number of rotatable bonds is 3. The van der Waals surface area contributed by atoms with Gasteiger partial charge in [-0.25, -0.2) is 4.79 Å². The molecular weight excluding hydrogens is 593 g/mol. The number of fused-ring (bicyclic) bond motifs is 1. The Kier molecular flexibility index (Phi) is 7.11. The van der Waals surface area contributed by atoms with Crippen molar-refractivity contribution in [2.75, 3.05) is 22.9 Å². The number of alkyl halides is 3. The van der Waals surface area contributed by atoms with Crippen LogP contribution in [-0.4, -0.2) is 56.0 Å². The average Bonchev–Trinajstić information content (AvgIpc) is 3.46. The molecular formula is C31H31F3N6O3S. The third-order valence-corrected chi connectivity index (χ3v) is 8.90. The van der Waals surface area contributed by atoms with E-state index in [0.717, 1.165) is 34.4 Å². The maximum absolute atomic E-state index is 13.8. The van der Waals surface area contributed by atoms with Crippen molar-refractivity contribution in [2.24, 2.45) is 0 Å². The van der Waals surface area contributed by atoms with Gasteiger partial charge in [0.1, 0.15) is 11.1 Å². The molecule has 0 bridgehead atoms. The fraction of sp³-hybridized carbons (Fsp3) is 0.452. The normalized spacial score (nSPS) is 19.1. The van der Waals surface area contributed by atoms with Crippen LogP contribution in [0.1, 0.15) is 70.0 Å². The fourth-order valence-electron chi connectivity index (χ4n) is 6.21. The van der Waals surface area contributed by atoms with Gasteiger partial charge in [0.2, 0.25) is 0 Å². The zero-order valence-corrected chi connectivity index (χ0v) is 25.3. The Labute approximate surface area is 257 Å². The van der Waals surface area contributed by atoms with Crippen molar-refractivity contribution in [3.8, 4) is 6.07 Å². The summed E-state index contributed by atoms with van der Waals surface area (Å²) < 4.78 is 48.6. The van der Waals surface area contributed by atoms with Gasteiger partial charge in [0.05, 0.1) is 34.4 Å². The fourth-order valence-corrected chi connectivity index (χ4v) is 6.68. The molecule has 2 amide bonds. The summed E-state index contributed by atoms with van der Waals surface area (Å²) in [6.45, 7) is 6.62. The number of nitrogens with zero attached hydrogens (tertiary/aromatic N) is 6. The maximum Gasteiger partial charge on any atom is 0.417 e. The van der Waals surface area contributed by atoms with E-state index in [2.05, 4.69) is 0 Å². The Morgan fingerprint density at radius 1 is 1.09 bits per heavy atom. The second-order valence-corrected chi connectivity index (χ2v) is 12.9. The van der Waals surface area contributed by atoms with Crippen LogP contribution in [0.4, 0.5) is 29.3 Å². The number of halogens is 3. The van der Waals surface area contributed by atoms with Gasteiger partial charge < -0.3 is 14.5 Å². The SMILES string of the molecule is CC(C)(C)OC(=O)N1CCC(n2cc3cc(N4C(=S)N(c5ccc(C#N)c(C(F)(F)F)c5)C(=O)C45CCC5)ccc3n2)CC1. The number of anilines is 2. The first-order valence-corrected chi connectivity index (χ1v) is 14.9. The number of piperidine rings is 1. The summed E-state index contributed by atoms with van der Waals surface area (Å²) in [4.78, 5) is 30.9. The first-order chi connectivity index (χ1) is 20.7. The molecule has 13 heteroatoms. The minimum absolute atomic E-state index is 0.0216. The van der Waals surface area contributed by atoms with Crippen LogP contribution in [0.25, 0.3) is 10.9 Å². The Hall–Kier alpha value is -4.18. The van der Waals surface area contributed by atoms with Crippen LogP contribution in [0.15, 0.2) is 42.6 Å². The molecule has 2 aliphatic heterocycles. The predicted octanol–water partition coefficient (Wildman–Crippen LogP) is 6.56. The number of aromatic nitrogens is 2. The van der Waals surface area contributed by atoms with Crippen molar-refractivity contribution in [1.29, 1.82) is 5.26 Å². The molecule has 0 unspecified atom stereocenters. The lowest BCUT2D eigenvalue weighted by atomic mass is 9.75. The summed E-state index contributed by atoms with van der Waals surface area (Å²) in [7, 11) is 0. The standard InChI is InChI=1S/C31H31F3N6O3S/c1-29(2,3)43-28(42)37-13-9-21(10-14-37)38-18-20-15-23(7-8-25(20)36-38)40-27(44)39(26(41)30(40)11-4-12-30)22-6-5-19(17-35)24(16-22)31(32,33)34/h5-8,15-16,18,21H,4,9-14H2,1-3H3. The van der Waals surface area contributed by atoms with E-state index < -0.39 is 28.4 Å². The zero-order chi connectivity index (χ0) is 31.6. The van der Waals surface area contributed by atoms with Gasteiger partial charge in [-0.15, -0.1) is 0 Å². The topological polar surface area (TPSA) is 94.7 Å². The lowest BCUT2D eigenvalue weighted by molar-refractivity contribution is -0.137. The summed E-state index contributed by atoms with van der Waals surface area (Å²) in [6, 6.07) is 10.5. The van der Waals surface area contributed by atoms with E-state index in [1.54, 1.807) is 15.9 Å². The van der Waals surface area contributed by atoms with Gasteiger partial charge in [-0.2, -0.15) is 23.5 Å². The molecule has 3 heterocycles. The van der Waals surface area contributed by atoms with Crippen molar-refractivity contribution >= 4 is 51.6 Å². The molecule has 2 aromatic carbocycles. The van der Waals surface area contributed by atoms with E-state index in [4.69, 9.17) is 22.1 Å². The van der Waals surface area contributed by atoms with Crippen LogP contribution in [0.2, 0.25) is 0 Å². The highest BCUT2D eigenvalue weighted by Crippen LogP contribution is 2.48. The zero-order valence-electron chi connectivity index (χ0n) is 24.5. The van der Waals surface area contributed by atoms with E-state index in [0.29, 0.717) is 44.5 Å². The monoisotopic (exact) mass is 624 g/mol. The van der Waals surface area contributed by atoms with E-state index >= 15 is 0 Å². The number of thiocarbonyl (C=S) groups is 1. The molecule has 3 aromatic rings. The van der Waals surface area contributed by atoms with Gasteiger partial charge in [0.15, 0.2) is 5.11 Å². The van der Waals surface area contributed by atoms with Crippen molar-refractivity contribution in [3.05, 3.63) is 53.7 Å². The molecule has 1 spiro atoms. The van der Waals surface area contributed by atoms with E-state index in [9.17, 15) is 28.0 Å². The van der Waals surface area contributed by atoms with E-state index in [1.165, 1.54) is 6.07 Å². The highest BCUT2D eigenvalue weighted by molar-refractivity contribution is 7.81. The highest BCUT2D eigenvalue weighted by atomic mass is 32.1. The minimum Gasteiger partial charge on any atom is -0.444 e. The summed E-state index contributed by atoms with van der Waals surface area (Å²) in [5.41, 5.74) is -1.79. The Morgan fingerprint density at radius 2 is 1.77 bits per heavy atom. The van der Waals surface area contributed by atoms with Gasteiger partial charge in [0.25, 0.3) is 5.91 Å². The molecule has 44 heavy (non-hydrogen) atoms. The first-order valence-electron chi connectivity index (χ1n) is 14.5. The van der Waals surface area contributed by atoms with Crippen molar-refractivity contribution in [3.63, 3.8) is 0 Å². The molecule has 1 aromatic heterocycles. The van der Waals surface area contributed by atoms with E-state index in [1.807, 2.05) is 49.8 Å². The van der Waals surface area contributed by atoms with Gasteiger partial charge in [-0.05, 0) is 101 Å². The molecule has 3 aliphatic rings. The first kappa shape index (κ1) is 29.9. The minimum atomic E-state index is -4.77. The van der Waals surface area contributed by atoms with Crippen LogP contribution in [-0.2, 0) is 15.7 Å². The third kappa shape index (κ3) is 5.04. The molecule has 230 valence electrons. The second-order valence-electron chi connectivity index (χ2n) is 12.5. The van der Waals surface area contributed by atoms with Gasteiger partial charge in [-0.3, -0.25) is 14.4 Å². The number of hydrogen-bond acceptors (Lipinski definition) is 6. The third-order valence-electron chi connectivity index (χ3n) is 8.53. The second kappa shape index (κ2) is 10.5. The largest absolute Gasteiger partial charge is 0.444 e. The number of ether oxygens (including phenoxy) is 1. The number of hydrogen-bond donors (Lipinski definition) is 0. The predicted molar refractivity (Wildman–Crippen MR) is 161 cm³/mol. The highest BCUT2D eigenvalue weighted by Gasteiger charge is 2.59. The molecule has 0 radical (unpaired) electrons. The number of carbonyl (C=O) groups is 2. The number of likely N-dealkylation sites (tertiary alicyclic amines) is 1. The maximum atomic E-state index is 13.8. The molecule has 3 fully saturated rings. The molecule has 9 nitrogen and oxygen atoms in total. The van der Waals surface area contributed by atoms with Crippen molar-refractivity contribution in [2.45, 2.75) is 76.2 Å². The van der Waals surface area contributed by atoms with Gasteiger partial charge in [-0.1, -0.05) is 0 Å². The van der Waals surface area contributed by atoms with Crippen LogP contribution < -0.4 is 9.80 Å². The molecule has 6 rings (SSSR count). The number of benzene rings is 2. The molecule has 0 atom stereocenters. The summed E-state index contributed by atoms with van der Waals surface area (Å²) in [6.07, 6.45) is 0.0859. The average molecular weight is 625 g/mol. The summed E-state index contributed by atoms with van der Waals surface area (Å²) in [5, 5.41) is 14.9. The number of amides is 2. The van der Waals surface area contributed by atoms with Gasteiger partial charge >= 0.3 is 12.3 Å². The van der Waals surface area contributed by atoms with Crippen molar-refractivity contribution in [1.82, 2.24) is 14.7 Å². The van der Waals surface area contributed by atoms with Crippen molar-refractivity contribution < 1.29 is 27.5 Å². The van der Waals surface area contributed by atoms with Gasteiger partial charge in [0, 0.05) is 30.4 Å². The lowest BCUT2D eigenvalue weighted by Gasteiger charge is -2.43. The van der Waals surface area contributed by atoms with Crippen LogP contribution >= 0.6 is 12.2 Å². The Morgan fingerprint density at radius 3 is 2.36 bits per heavy atom. The van der Waals surface area contributed by atoms with Crippen LogP contribution in [0, 0.1) is 11.3 Å². The number of nitriles is 1. The quantitative estimate of drug-likeness (QED) is 0.305. The molecule has 1 aliphatic carbocycles. The Bertz CT molecular complexity index is 1710. The summed E-state index contributed by atoms with van der Waals surface area (Å²) >= 11 is 5.77. The smallest absolute Gasteiger partial charge is 0.417 e.